The van der Waals surface area contributed by atoms with Gasteiger partial charge in [0.2, 0.25) is 0 Å². The van der Waals surface area contributed by atoms with Crippen molar-refractivity contribution in [2.75, 3.05) is 0 Å². The Hall–Kier alpha value is -1.62. The van der Waals surface area contributed by atoms with Crippen LogP contribution in [0.5, 0.6) is 0 Å². The Morgan fingerprint density at radius 1 is 1.50 bits per heavy atom. The van der Waals surface area contributed by atoms with E-state index in [0.29, 0.717) is 0 Å². The predicted octanol–water partition coefficient (Wildman–Crippen LogP) is 1.82. The Labute approximate surface area is 82.3 Å². The van der Waals surface area contributed by atoms with Gasteiger partial charge in [0.25, 0.3) is 0 Å². The van der Waals surface area contributed by atoms with E-state index in [9.17, 15) is 9.18 Å². The van der Waals surface area contributed by atoms with E-state index in [2.05, 4.69) is 14.7 Å². The molecular formula is C8H4ClFN2O2. The molecule has 0 spiro atoms. The number of hydrogen-bond donors (Lipinski definition) is 1. The lowest BCUT2D eigenvalue weighted by molar-refractivity contribution is 0.388. The second-order valence-electron chi connectivity index (χ2n) is 2.57. The summed E-state index contributed by atoms with van der Waals surface area (Å²) in [6, 6.07) is 3.75. The average Bonchev–Trinajstić information content (AvgIpc) is 2.56. The fraction of sp³-hybridized carbons (Fsp3) is 0. The molecule has 72 valence electrons. The summed E-state index contributed by atoms with van der Waals surface area (Å²) < 4.78 is 17.1. The minimum Gasteiger partial charge on any atom is -0.296 e. The van der Waals surface area contributed by atoms with Gasteiger partial charge in [-0.15, -0.1) is 0 Å². The normalized spacial score (nSPS) is 10.4. The Morgan fingerprint density at radius 2 is 2.29 bits per heavy atom. The van der Waals surface area contributed by atoms with Crippen LogP contribution in [0.25, 0.3) is 11.4 Å². The zero-order valence-corrected chi connectivity index (χ0v) is 7.51. The third kappa shape index (κ3) is 1.54. The predicted molar refractivity (Wildman–Crippen MR) is 47.5 cm³/mol. The molecule has 1 aromatic carbocycles. The molecule has 0 bridgehead atoms. The Bertz CT molecular complexity index is 520. The van der Waals surface area contributed by atoms with Crippen LogP contribution in [-0.4, -0.2) is 10.1 Å². The van der Waals surface area contributed by atoms with Crippen molar-refractivity contribution in [3.05, 3.63) is 39.6 Å². The maximum Gasteiger partial charge on any atom is 0.439 e. The van der Waals surface area contributed by atoms with Gasteiger partial charge in [-0.3, -0.25) is 9.51 Å². The standard InChI is InChI=1S/C8H4ClFN2O2/c9-6-2-1-4(10)3-5(6)7-11-8(13)14-12-7/h1-3H,(H,11,12,13). The van der Waals surface area contributed by atoms with Gasteiger partial charge in [-0.1, -0.05) is 16.8 Å². The second-order valence-corrected chi connectivity index (χ2v) is 2.98. The minimum atomic E-state index is -0.708. The summed E-state index contributed by atoms with van der Waals surface area (Å²) in [6.45, 7) is 0. The lowest BCUT2D eigenvalue weighted by Crippen LogP contribution is -1.95. The first kappa shape index (κ1) is 8.96. The first-order valence-corrected chi connectivity index (χ1v) is 4.06. The minimum absolute atomic E-state index is 0.111. The summed E-state index contributed by atoms with van der Waals surface area (Å²) in [5.41, 5.74) is 0.289. The van der Waals surface area contributed by atoms with Gasteiger partial charge in [0.05, 0.1) is 5.02 Å². The van der Waals surface area contributed by atoms with Crippen LogP contribution < -0.4 is 5.76 Å². The number of nitrogens with one attached hydrogen (secondary N) is 1. The third-order valence-electron chi connectivity index (χ3n) is 1.62. The molecule has 0 saturated carbocycles. The number of H-pyrrole nitrogens is 1. The van der Waals surface area contributed by atoms with Crippen molar-refractivity contribution in [2.24, 2.45) is 0 Å². The molecule has 1 aromatic heterocycles. The summed E-state index contributed by atoms with van der Waals surface area (Å²) >= 11 is 5.77. The van der Waals surface area contributed by atoms with Gasteiger partial charge in [-0.2, -0.15) is 0 Å². The van der Waals surface area contributed by atoms with Crippen molar-refractivity contribution in [3.8, 4) is 11.4 Å². The first-order valence-electron chi connectivity index (χ1n) is 3.68. The molecule has 14 heavy (non-hydrogen) atoms. The molecule has 2 rings (SSSR count). The number of halogens is 2. The van der Waals surface area contributed by atoms with Crippen molar-refractivity contribution in [2.45, 2.75) is 0 Å². The zero-order chi connectivity index (χ0) is 10.1. The van der Waals surface area contributed by atoms with E-state index in [1.165, 1.54) is 12.1 Å². The molecule has 0 unspecified atom stereocenters. The monoisotopic (exact) mass is 214 g/mol. The summed E-state index contributed by atoms with van der Waals surface area (Å²) in [4.78, 5) is 12.9. The number of benzene rings is 1. The van der Waals surface area contributed by atoms with E-state index in [4.69, 9.17) is 11.6 Å². The quantitative estimate of drug-likeness (QED) is 0.788. The molecule has 1 N–H and O–H groups in total. The summed E-state index contributed by atoms with van der Waals surface area (Å²) in [7, 11) is 0. The SMILES string of the molecule is O=c1[nH]c(-c2cc(F)ccc2Cl)no1. The first-order chi connectivity index (χ1) is 6.66. The average molecular weight is 215 g/mol. The molecule has 0 aliphatic rings. The lowest BCUT2D eigenvalue weighted by Gasteiger charge is -1.97. The highest BCUT2D eigenvalue weighted by Crippen LogP contribution is 2.24. The van der Waals surface area contributed by atoms with Gasteiger partial charge in [0.15, 0.2) is 5.82 Å². The van der Waals surface area contributed by atoms with E-state index in [-0.39, 0.29) is 16.4 Å². The molecular weight excluding hydrogens is 211 g/mol. The van der Waals surface area contributed by atoms with Gasteiger partial charge in [-0.05, 0) is 18.2 Å². The molecule has 2 aromatic rings. The smallest absolute Gasteiger partial charge is 0.296 e. The molecule has 0 radical (unpaired) electrons. The van der Waals surface area contributed by atoms with Crippen LogP contribution in [0, 0.1) is 5.82 Å². The van der Waals surface area contributed by atoms with Gasteiger partial charge >= 0.3 is 5.76 Å². The molecule has 0 amide bonds. The maximum absolute atomic E-state index is 12.8. The third-order valence-corrected chi connectivity index (χ3v) is 1.95. The molecule has 0 saturated heterocycles. The molecule has 0 fully saturated rings. The highest BCUT2D eigenvalue weighted by molar-refractivity contribution is 6.33. The highest BCUT2D eigenvalue weighted by atomic mass is 35.5. The number of nitrogens with zero attached hydrogens (tertiary/aromatic N) is 1. The number of aromatic nitrogens is 2. The van der Waals surface area contributed by atoms with E-state index in [1.54, 1.807) is 0 Å². The number of rotatable bonds is 1. The van der Waals surface area contributed by atoms with E-state index in [0.717, 1.165) is 6.07 Å². The molecule has 0 aliphatic heterocycles. The topological polar surface area (TPSA) is 58.9 Å². The van der Waals surface area contributed by atoms with E-state index in [1.807, 2.05) is 0 Å². The van der Waals surface area contributed by atoms with Crippen LogP contribution in [0.2, 0.25) is 5.02 Å². The second kappa shape index (κ2) is 3.26. The fourth-order valence-corrected chi connectivity index (χ4v) is 1.23. The van der Waals surface area contributed by atoms with E-state index >= 15 is 0 Å². The summed E-state index contributed by atoms with van der Waals surface area (Å²) in [6.07, 6.45) is 0. The van der Waals surface area contributed by atoms with Crippen molar-refractivity contribution in [3.63, 3.8) is 0 Å². The molecule has 0 atom stereocenters. The lowest BCUT2D eigenvalue weighted by atomic mass is 10.2. The van der Waals surface area contributed by atoms with Crippen LogP contribution in [0.1, 0.15) is 0 Å². The Balaban J connectivity index is 2.61. The van der Waals surface area contributed by atoms with Crippen molar-refractivity contribution in [1.29, 1.82) is 0 Å². The Kier molecular flexibility index (Phi) is 2.09. The molecule has 0 aliphatic carbocycles. The Morgan fingerprint density at radius 3 is 2.93 bits per heavy atom. The summed E-state index contributed by atoms with van der Waals surface area (Å²) in [5, 5.41) is 3.68. The summed E-state index contributed by atoms with van der Waals surface area (Å²) in [5.74, 6) is -1.06. The van der Waals surface area contributed by atoms with Crippen LogP contribution in [0.3, 0.4) is 0 Å². The van der Waals surface area contributed by atoms with Crippen LogP contribution >= 0.6 is 11.6 Å². The molecule has 1 heterocycles. The largest absolute Gasteiger partial charge is 0.439 e. The van der Waals surface area contributed by atoms with E-state index < -0.39 is 11.6 Å². The number of hydrogen-bond acceptors (Lipinski definition) is 3. The van der Waals surface area contributed by atoms with Crippen LogP contribution in [0.4, 0.5) is 4.39 Å². The maximum atomic E-state index is 12.8. The van der Waals surface area contributed by atoms with Gasteiger partial charge in [-0.25, -0.2) is 9.18 Å². The molecule has 4 nitrogen and oxygen atoms in total. The van der Waals surface area contributed by atoms with Crippen LogP contribution in [0.15, 0.2) is 27.5 Å². The number of aromatic amines is 1. The van der Waals surface area contributed by atoms with Crippen molar-refractivity contribution >= 4 is 11.6 Å². The fourth-order valence-electron chi connectivity index (χ4n) is 1.02. The van der Waals surface area contributed by atoms with Crippen LogP contribution in [-0.2, 0) is 0 Å². The highest BCUT2D eigenvalue weighted by Gasteiger charge is 2.09. The van der Waals surface area contributed by atoms with Gasteiger partial charge in [0.1, 0.15) is 5.82 Å². The van der Waals surface area contributed by atoms with Crippen molar-refractivity contribution < 1.29 is 8.91 Å². The van der Waals surface area contributed by atoms with Gasteiger partial charge < -0.3 is 0 Å². The van der Waals surface area contributed by atoms with Crippen molar-refractivity contribution in [1.82, 2.24) is 10.1 Å². The molecule has 6 heteroatoms. The van der Waals surface area contributed by atoms with Gasteiger partial charge in [0, 0.05) is 5.56 Å². The zero-order valence-electron chi connectivity index (χ0n) is 6.75.